The maximum absolute atomic E-state index is 6.37. The van der Waals surface area contributed by atoms with Crippen LogP contribution in [0.1, 0.15) is 33.1 Å². The van der Waals surface area contributed by atoms with Gasteiger partial charge in [0.2, 0.25) is 0 Å². The van der Waals surface area contributed by atoms with Crippen molar-refractivity contribution in [2.24, 2.45) is 16.7 Å². The average molecular weight is 207 g/mol. The lowest BCUT2D eigenvalue weighted by molar-refractivity contribution is 0.159. The molecule has 0 saturated heterocycles. The van der Waals surface area contributed by atoms with Gasteiger partial charge in [0.1, 0.15) is 0 Å². The van der Waals surface area contributed by atoms with Crippen LogP contribution in [-0.4, -0.2) is 11.3 Å². The Balaban J connectivity index is 2.39. The van der Waals surface area contributed by atoms with E-state index in [0.717, 1.165) is 11.8 Å². The van der Waals surface area contributed by atoms with Crippen LogP contribution in [0.3, 0.4) is 0 Å². The zero-order valence-electron chi connectivity index (χ0n) is 7.74. The third kappa shape index (κ3) is 0.812. The first-order valence-corrected chi connectivity index (χ1v) is 5.72. The van der Waals surface area contributed by atoms with Gasteiger partial charge in [0, 0.05) is 16.7 Å². The van der Waals surface area contributed by atoms with E-state index in [0.29, 0.717) is 10.8 Å². The molecule has 0 N–H and O–H groups in total. The van der Waals surface area contributed by atoms with E-state index in [1.807, 2.05) is 0 Å². The minimum Gasteiger partial charge on any atom is -0.126 e. The number of alkyl halides is 2. The van der Waals surface area contributed by atoms with Crippen LogP contribution < -0.4 is 0 Å². The Hall–Kier alpha value is 0.580. The molecule has 0 nitrogen and oxygen atoms in total. The predicted molar refractivity (Wildman–Crippen MR) is 53.9 cm³/mol. The molecule has 0 unspecified atom stereocenters. The molecule has 0 radical (unpaired) electrons. The molecule has 2 bridgehead atoms. The maximum Gasteiger partial charge on any atom is 0.0411 e. The highest BCUT2D eigenvalue weighted by Crippen LogP contribution is 2.67. The Morgan fingerprint density at radius 3 is 2.33 bits per heavy atom. The van der Waals surface area contributed by atoms with Crippen LogP contribution in [0, 0.1) is 16.7 Å². The molecule has 3 atom stereocenters. The Labute approximate surface area is 84.6 Å². The van der Waals surface area contributed by atoms with E-state index in [2.05, 4.69) is 13.8 Å². The Morgan fingerprint density at radius 1 is 1.42 bits per heavy atom. The average Bonchev–Trinajstić information content (AvgIpc) is 2.36. The fraction of sp³-hybridized carbons (Fsp3) is 1.00. The molecule has 12 heavy (non-hydrogen) atoms. The molecule has 2 rings (SSSR count). The first kappa shape index (κ1) is 9.15. The van der Waals surface area contributed by atoms with Gasteiger partial charge >= 0.3 is 0 Å². The van der Waals surface area contributed by atoms with E-state index in [4.69, 9.17) is 23.2 Å². The molecule has 2 heteroatoms. The zero-order chi connectivity index (χ0) is 8.98. The van der Waals surface area contributed by atoms with E-state index < -0.39 is 0 Å². The highest BCUT2D eigenvalue weighted by molar-refractivity contribution is 6.23. The molecule has 0 amide bonds. The van der Waals surface area contributed by atoms with Crippen LogP contribution in [0.15, 0.2) is 0 Å². The van der Waals surface area contributed by atoms with E-state index in [1.54, 1.807) is 0 Å². The van der Waals surface area contributed by atoms with Crippen molar-refractivity contribution in [1.82, 2.24) is 0 Å². The lowest BCUT2D eigenvalue weighted by Gasteiger charge is -2.38. The summed E-state index contributed by atoms with van der Waals surface area (Å²) in [5, 5.41) is 0.323. The molecule has 0 aromatic heterocycles. The number of rotatable bonds is 1. The van der Waals surface area contributed by atoms with Crippen LogP contribution >= 0.6 is 23.2 Å². The topological polar surface area (TPSA) is 0 Å². The van der Waals surface area contributed by atoms with Crippen LogP contribution in [0.5, 0.6) is 0 Å². The van der Waals surface area contributed by atoms with Gasteiger partial charge in [-0.15, -0.1) is 23.2 Å². The van der Waals surface area contributed by atoms with E-state index >= 15 is 0 Å². The van der Waals surface area contributed by atoms with Gasteiger partial charge in [-0.05, 0) is 30.6 Å². The predicted octanol–water partition coefficient (Wildman–Crippen LogP) is 3.66. The van der Waals surface area contributed by atoms with Gasteiger partial charge in [0.15, 0.2) is 0 Å². The number of fused-ring (bicyclic) bond motifs is 2. The van der Waals surface area contributed by atoms with Gasteiger partial charge in [0.05, 0.1) is 0 Å². The fourth-order valence-electron chi connectivity index (χ4n) is 3.29. The lowest BCUT2D eigenvalue weighted by atomic mass is 9.70. The number of halogens is 2. The van der Waals surface area contributed by atoms with E-state index in [-0.39, 0.29) is 5.41 Å². The summed E-state index contributed by atoms with van der Waals surface area (Å²) in [6.45, 7) is 4.69. The van der Waals surface area contributed by atoms with Gasteiger partial charge in [-0.3, -0.25) is 0 Å². The number of hydrogen-bond donors (Lipinski definition) is 0. The molecule has 70 valence electrons. The van der Waals surface area contributed by atoms with Gasteiger partial charge in [-0.1, -0.05) is 13.8 Å². The molecule has 0 aromatic carbocycles. The summed E-state index contributed by atoms with van der Waals surface area (Å²) in [6.07, 6.45) is 3.76. The summed E-state index contributed by atoms with van der Waals surface area (Å²) in [5.74, 6) is 1.56. The van der Waals surface area contributed by atoms with Crippen LogP contribution in [0.2, 0.25) is 0 Å². The summed E-state index contributed by atoms with van der Waals surface area (Å²) in [7, 11) is 0. The molecule has 0 aliphatic heterocycles. The second-order valence-corrected chi connectivity index (χ2v) is 5.74. The minimum absolute atomic E-state index is 0.237. The summed E-state index contributed by atoms with van der Waals surface area (Å²) in [6, 6.07) is 0. The van der Waals surface area contributed by atoms with Crippen molar-refractivity contribution < 1.29 is 0 Å². The number of hydrogen-bond acceptors (Lipinski definition) is 0. The summed E-state index contributed by atoms with van der Waals surface area (Å²) in [4.78, 5) is 0. The standard InChI is InChI=1S/C10H16Cl2/c1-9(2)7-3-4-10(9,6-11)8(12)5-7/h7-8H,3-6H2,1-2H3/t7-,8-,10+/m1/s1. The van der Waals surface area contributed by atoms with Gasteiger partial charge in [-0.25, -0.2) is 0 Å². The van der Waals surface area contributed by atoms with Crippen molar-refractivity contribution in [3.05, 3.63) is 0 Å². The summed E-state index contributed by atoms with van der Waals surface area (Å²) >= 11 is 12.5. The van der Waals surface area contributed by atoms with Crippen molar-refractivity contribution in [1.29, 1.82) is 0 Å². The zero-order valence-corrected chi connectivity index (χ0v) is 9.25. The molecule has 0 heterocycles. The third-order valence-corrected chi connectivity index (χ3v) is 5.65. The molecule has 2 fully saturated rings. The van der Waals surface area contributed by atoms with Crippen molar-refractivity contribution in [2.45, 2.75) is 38.5 Å². The van der Waals surface area contributed by atoms with Gasteiger partial charge in [-0.2, -0.15) is 0 Å². The largest absolute Gasteiger partial charge is 0.126 e. The summed E-state index contributed by atoms with van der Waals surface area (Å²) in [5.41, 5.74) is 0.613. The smallest absolute Gasteiger partial charge is 0.0411 e. The van der Waals surface area contributed by atoms with Crippen LogP contribution in [0.4, 0.5) is 0 Å². The highest BCUT2D eigenvalue weighted by Gasteiger charge is 2.62. The molecular formula is C10H16Cl2. The molecule has 2 aliphatic carbocycles. The SMILES string of the molecule is CC1(C)[C@@H]2CC[C@]1(CCl)[C@H](Cl)C2. The van der Waals surface area contributed by atoms with Crippen molar-refractivity contribution >= 4 is 23.2 Å². The van der Waals surface area contributed by atoms with Crippen molar-refractivity contribution in [3.63, 3.8) is 0 Å². The quantitative estimate of drug-likeness (QED) is 0.575. The summed E-state index contributed by atoms with van der Waals surface area (Å²) < 4.78 is 0. The van der Waals surface area contributed by atoms with Crippen LogP contribution in [-0.2, 0) is 0 Å². The molecule has 0 aromatic rings. The van der Waals surface area contributed by atoms with Gasteiger partial charge in [0.25, 0.3) is 0 Å². The second-order valence-electron chi connectivity index (χ2n) is 4.95. The van der Waals surface area contributed by atoms with Crippen LogP contribution in [0.25, 0.3) is 0 Å². The third-order valence-electron chi connectivity index (χ3n) is 4.57. The maximum atomic E-state index is 6.37. The van der Waals surface area contributed by atoms with E-state index in [1.165, 1.54) is 19.3 Å². The monoisotopic (exact) mass is 206 g/mol. The molecule has 2 aliphatic rings. The van der Waals surface area contributed by atoms with E-state index in [9.17, 15) is 0 Å². The normalized spacial score (nSPS) is 50.0. The van der Waals surface area contributed by atoms with Crippen molar-refractivity contribution in [3.8, 4) is 0 Å². The lowest BCUT2D eigenvalue weighted by Crippen LogP contribution is -2.37. The molecule has 0 spiro atoms. The minimum atomic E-state index is 0.237. The first-order valence-electron chi connectivity index (χ1n) is 4.74. The molecule has 2 saturated carbocycles. The molecular weight excluding hydrogens is 191 g/mol. The Morgan fingerprint density at radius 2 is 2.08 bits per heavy atom. The highest BCUT2D eigenvalue weighted by atomic mass is 35.5. The second kappa shape index (κ2) is 2.54. The van der Waals surface area contributed by atoms with Gasteiger partial charge < -0.3 is 0 Å². The Bertz CT molecular complexity index is 200. The Kier molecular flexibility index (Phi) is 1.94. The fourth-order valence-corrected chi connectivity index (χ4v) is 4.72. The first-order chi connectivity index (χ1) is 5.54. The van der Waals surface area contributed by atoms with Crippen molar-refractivity contribution in [2.75, 3.05) is 5.88 Å².